The fourth-order valence-electron chi connectivity index (χ4n) is 1.52. The molecule has 2 aromatic carbocycles. The van der Waals surface area contributed by atoms with Crippen LogP contribution in [0.4, 0.5) is 11.4 Å². The van der Waals surface area contributed by atoms with Gasteiger partial charge in [0, 0.05) is 6.08 Å². The van der Waals surface area contributed by atoms with Crippen molar-refractivity contribution in [1.29, 1.82) is 0 Å². The summed E-state index contributed by atoms with van der Waals surface area (Å²) in [5, 5.41) is 2.73. The third-order valence-corrected chi connectivity index (χ3v) is 2.45. The average molecular weight is 238 g/mol. The highest BCUT2D eigenvalue weighted by Gasteiger charge is 2.00. The molecule has 3 heteroatoms. The minimum Gasteiger partial charge on any atom is -0.397 e. The lowest BCUT2D eigenvalue weighted by molar-refractivity contribution is -0.111. The number of anilines is 2. The highest BCUT2D eigenvalue weighted by Crippen LogP contribution is 2.16. The lowest BCUT2D eigenvalue weighted by Crippen LogP contribution is -2.09. The molecule has 0 radical (unpaired) electrons. The molecule has 2 rings (SSSR count). The molecule has 0 atom stereocenters. The number of hydrogen-bond acceptors (Lipinski definition) is 2. The summed E-state index contributed by atoms with van der Waals surface area (Å²) in [5.41, 5.74) is 7.90. The molecule has 0 saturated carbocycles. The summed E-state index contributed by atoms with van der Waals surface area (Å²) < 4.78 is 0. The van der Waals surface area contributed by atoms with E-state index in [4.69, 9.17) is 5.73 Å². The number of hydrogen-bond donors (Lipinski definition) is 2. The number of para-hydroxylation sites is 2. The van der Waals surface area contributed by atoms with Gasteiger partial charge in [-0.3, -0.25) is 4.79 Å². The molecule has 90 valence electrons. The van der Waals surface area contributed by atoms with Crippen LogP contribution in [0.3, 0.4) is 0 Å². The highest BCUT2D eigenvalue weighted by molar-refractivity contribution is 6.03. The quantitative estimate of drug-likeness (QED) is 0.638. The van der Waals surface area contributed by atoms with E-state index in [0.717, 1.165) is 5.56 Å². The topological polar surface area (TPSA) is 55.1 Å². The molecule has 0 fully saturated rings. The Labute approximate surface area is 106 Å². The maximum absolute atomic E-state index is 11.7. The van der Waals surface area contributed by atoms with E-state index < -0.39 is 0 Å². The summed E-state index contributed by atoms with van der Waals surface area (Å²) in [6, 6.07) is 16.8. The van der Waals surface area contributed by atoms with Crippen LogP contribution in [0.1, 0.15) is 5.56 Å². The first-order valence-electron chi connectivity index (χ1n) is 5.64. The van der Waals surface area contributed by atoms with Crippen LogP contribution in [0.25, 0.3) is 6.08 Å². The Morgan fingerprint density at radius 2 is 1.67 bits per heavy atom. The lowest BCUT2D eigenvalue weighted by atomic mass is 10.2. The van der Waals surface area contributed by atoms with Crippen LogP contribution in [-0.4, -0.2) is 5.91 Å². The molecule has 0 saturated heterocycles. The van der Waals surface area contributed by atoms with Gasteiger partial charge in [0.05, 0.1) is 11.4 Å². The van der Waals surface area contributed by atoms with Crippen molar-refractivity contribution in [2.45, 2.75) is 0 Å². The van der Waals surface area contributed by atoms with Crippen LogP contribution >= 0.6 is 0 Å². The number of nitrogens with one attached hydrogen (secondary N) is 1. The first-order chi connectivity index (χ1) is 8.75. The molecule has 0 heterocycles. The summed E-state index contributed by atoms with van der Waals surface area (Å²) in [5.74, 6) is -0.197. The average Bonchev–Trinajstić information content (AvgIpc) is 2.40. The molecule has 1 amide bonds. The van der Waals surface area contributed by atoms with Gasteiger partial charge in [-0.1, -0.05) is 42.5 Å². The van der Waals surface area contributed by atoms with E-state index in [1.807, 2.05) is 42.5 Å². The van der Waals surface area contributed by atoms with Crippen molar-refractivity contribution >= 4 is 23.4 Å². The fourth-order valence-corrected chi connectivity index (χ4v) is 1.52. The molecule has 0 aliphatic rings. The summed E-state index contributed by atoms with van der Waals surface area (Å²) in [4.78, 5) is 11.7. The van der Waals surface area contributed by atoms with Crippen LogP contribution < -0.4 is 11.1 Å². The molecule has 18 heavy (non-hydrogen) atoms. The van der Waals surface area contributed by atoms with Crippen LogP contribution in [0, 0.1) is 0 Å². The van der Waals surface area contributed by atoms with Crippen molar-refractivity contribution in [3.63, 3.8) is 0 Å². The molecular formula is C15H14N2O. The molecule has 0 bridgehead atoms. The summed E-state index contributed by atoms with van der Waals surface area (Å²) in [6.45, 7) is 0. The van der Waals surface area contributed by atoms with Gasteiger partial charge >= 0.3 is 0 Å². The number of benzene rings is 2. The summed E-state index contributed by atoms with van der Waals surface area (Å²) in [6.07, 6.45) is 3.25. The monoisotopic (exact) mass is 238 g/mol. The lowest BCUT2D eigenvalue weighted by Gasteiger charge is -2.04. The predicted octanol–water partition coefficient (Wildman–Crippen LogP) is 2.92. The van der Waals surface area contributed by atoms with Gasteiger partial charge in [0.25, 0.3) is 0 Å². The maximum atomic E-state index is 11.7. The molecule has 0 aliphatic heterocycles. The van der Waals surface area contributed by atoms with E-state index in [1.165, 1.54) is 6.08 Å². The van der Waals surface area contributed by atoms with Crippen LogP contribution in [0.5, 0.6) is 0 Å². The van der Waals surface area contributed by atoms with Crippen LogP contribution in [0.15, 0.2) is 60.7 Å². The number of nitrogen functional groups attached to an aromatic ring is 1. The number of carbonyl (C=O) groups excluding carboxylic acids is 1. The Hall–Kier alpha value is -2.55. The molecule has 2 aromatic rings. The highest BCUT2D eigenvalue weighted by atomic mass is 16.1. The van der Waals surface area contributed by atoms with E-state index in [9.17, 15) is 4.79 Å². The van der Waals surface area contributed by atoms with E-state index in [2.05, 4.69) is 5.32 Å². The fraction of sp³-hybridized carbons (Fsp3) is 0. The molecule has 0 aromatic heterocycles. The Balaban J connectivity index is 2.02. The number of nitrogens with two attached hydrogens (primary N) is 1. The second kappa shape index (κ2) is 5.68. The Bertz CT molecular complexity index is 562. The van der Waals surface area contributed by atoms with Crippen molar-refractivity contribution in [1.82, 2.24) is 0 Å². The van der Waals surface area contributed by atoms with E-state index >= 15 is 0 Å². The SMILES string of the molecule is Nc1ccccc1NC(=O)/C=C/c1ccccc1. The third kappa shape index (κ3) is 3.22. The first-order valence-corrected chi connectivity index (χ1v) is 5.64. The zero-order valence-electron chi connectivity index (χ0n) is 9.84. The number of rotatable bonds is 3. The van der Waals surface area contributed by atoms with Crippen molar-refractivity contribution in [2.24, 2.45) is 0 Å². The largest absolute Gasteiger partial charge is 0.397 e. The van der Waals surface area contributed by atoms with Crippen molar-refractivity contribution in [3.8, 4) is 0 Å². The molecule has 0 spiro atoms. The number of amides is 1. The Morgan fingerprint density at radius 1 is 1.00 bits per heavy atom. The smallest absolute Gasteiger partial charge is 0.248 e. The van der Waals surface area contributed by atoms with Gasteiger partial charge in [-0.2, -0.15) is 0 Å². The van der Waals surface area contributed by atoms with Gasteiger partial charge in [-0.25, -0.2) is 0 Å². The van der Waals surface area contributed by atoms with E-state index in [0.29, 0.717) is 11.4 Å². The second-order valence-electron chi connectivity index (χ2n) is 3.82. The van der Waals surface area contributed by atoms with Crippen molar-refractivity contribution < 1.29 is 4.79 Å². The van der Waals surface area contributed by atoms with Gasteiger partial charge in [0.15, 0.2) is 0 Å². The maximum Gasteiger partial charge on any atom is 0.248 e. The predicted molar refractivity (Wildman–Crippen MR) is 75.0 cm³/mol. The first kappa shape index (κ1) is 11.9. The molecular weight excluding hydrogens is 224 g/mol. The van der Waals surface area contributed by atoms with Crippen molar-refractivity contribution in [3.05, 3.63) is 66.2 Å². The van der Waals surface area contributed by atoms with Crippen LogP contribution in [-0.2, 0) is 4.79 Å². The van der Waals surface area contributed by atoms with Gasteiger partial charge in [-0.15, -0.1) is 0 Å². The Morgan fingerprint density at radius 3 is 2.39 bits per heavy atom. The summed E-state index contributed by atoms with van der Waals surface area (Å²) in [7, 11) is 0. The summed E-state index contributed by atoms with van der Waals surface area (Å²) >= 11 is 0. The zero-order valence-corrected chi connectivity index (χ0v) is 9.84. The standard InChI is InChI=1S/C15H14N2O/c16-13-8-4-5-9-14(13)17-15(18)11-10-12-6-2-1-3-7-12/h1-11H,16H2,(H,17,18)/b11-10+. The van der Waals surface area contributed by atoms with Gasteiger partial charge in [0.1, 0.15) is 0 Å². The normalized spacial score (nSPS) is 10.4. The van der Waals surface area contributed by atoms with Gasteiger partial charge in [0.2, 0.25) is 5.91 Å². The minimum atomic E-state index is -0.197. The zero-order chi connectivity index (χ0) is 12.8. The van der Waals surface area contributed by atoms with Gasteiger partial charge in [-0.05, 0) is 23.8 Å². The third-order valence-electron chi connectivity index (χ3n) is 2.45. The second-order valence-corrected chi connectivity index (χ2v) is 3.82. The molecule has 3 N–H and O–H groups in total. The molecule has 0 unspecified atom stereocenters. The minimum absolute atomic E-state index is 0.197. The van der Waals surface area contributed by atoms with E-state index in [-0.39, 0.29) is 5.91 Å². The Kier molecular flexibility index (Phi) is 3.76. The number of carbonyl (C=O) groups is 1. The molecule has 0 aliphatic carbocycles. The van der Waals surface area contributed by atoms with E-state index in [1.54, 1.807) is 18.2 Å². The van der Waals surface area contributed by atoms with Gasteiger partial charge < -0.3 is 11.1 Å². The molecule has 3 nitrogen and oxygen atoms in total. The van der Waals surface area contributed by atoms with Crippen LogP contribution in [0.2, 0.25) is 0 Å². The van der Waals surface area contributed by atoms with Crippen molar-refractivity contribution in [2.75, 3.05) is 11.1 Å².